The van der Waals surface area contributed by atoms with Crippen LogP contribution in [-0.2, 0) is 50.9 Å². The minimum atomic E-state index is -3.78. The number of hydrogen-bond acceptors (Lipinski definition) is 23. The van der Waals surface area contributed by atoms with Gasteiger partial charge in [0, 0.05) is 121 Å². The van der Waals surface area contributed by atoms with Crippen molar-refractivity contribution in [2.24, 2.45) is 0 Å². The van der Waals surface area contributed by atoms with Crippen molar-refractivity contribution in [2.75, 3.05) is 131 Å². The van der Waals surface area contributed by atoms with Gasteiger partial charge in [0.05, 0.1) is 49.6 Å². The van der Waals surface area contributed by atoms with Gasteiger partial charge in [-0.1, -0.05) is 18.2 Å². The molecule has 0 unspecified atom stereocenters. The Morgan fingerprint density at radius 1 is 0.404 bits per heavy atom. The fourth-order valence-electron chi connectivity index (χ4n) is 12.2. The summed E-state index contributed by atoms with van der Waals surface area (Å²) in [6.07, 6.45) is 8.94. The van der Waals surface area contributed by atoms with Gasteiger partial charge in [-0.05, 0) is 69.8 Å². The smallest absolute Gasteiger partial charge is 0.257 e. The van der Waals surface area contributed by atoms with E-state index in [1.807, 2.05) is 18.2 Å². The summed E-state index contributed by atoms with van der Waals surface area (Å²) in [7, 11) is -11.3. The van der Waals surface area contributed by atoms with E-state index in [4.69, 9.17) is 28.4 Å². The molecule has 0 aromatic carbocycles. The van der Waals surface area contributed by atoms with Crippen molar-refractivity contribution in [2.45, 2.75) is 32.9 Å². The van der Waals surface area contributed by atoms with Gasteiger partial charge in [0.2, 0.25) is 47.8 Å². The van der Waals surface area contributed by atoms with Gasteiger partial charge < -0.3 is 53.3 Å². The number of sulfonamides is 3. The Hall–Kier alpha value is -9.02. The molecule has 0 bridgehead atoms. The Balaban J connectivity index is 0.000000128. The Morgan fingerprint density at radius 3 is 1.03 bits per heavy atom. The first-order valence-corrected chi connectivity index (χ1v) is 34.4. The van der Waals surface area contributed by atoms with Crippen molar-refractivity contribution in [1.29, 1.82) is 0 Å². The maximum atomic E-state index is 13.1. The van der Waals surface area contributed by atoms with Gasteiger partial charge in [-0.25, -0.2) is 40.2 Å². The lowest BCUT2D eigenvalue weighted by Crippen LogP contribution is -2.39. The number of pyridine rings is 6. The molecular formula is C62H64N12O17S3. The molecule has 0 fully saturated rings. The third-order valence-electron chi connectivity index (χ3n) is 17.1. The van der Waals surface area contributed by atoms with Gasteiger partial charge in [-0.15, -0.1) is 0 Å². The molecule has 2 atom stereocenters. The van der Waals surface area contributed by atoms with E-state index in [0.29, 0.717) is 113 Å². The van der Waals surface area contributed by atoms with Gasteiger partial charge in [-0.3, -0.25) is 29.3 Å². The number of ether oxygens (including phenoxy) is 6. The number of aromatic nitrogens is 6. The third kappa shape index (κ3) is 13.0. The maximum absolute atomic E-state index is 13.1. The predicted octanol–water partition coefficient (Wildman–Crippen LogP) is 0.968. The molecule has 29 nitrogen and oxygen atoms in total. The quantitative estimate of drug-likeness (QED) is 0.143. The molecule has 0 saturated heterocycles. The van der Waals surface area contributed by atoms with Crippen LogP contribution in [0.5, 0.6) is 34.9 Å². The van der Waals surface area contributed by atoms with Gasteiger partial charge >= 0.3 is 0 Å². The number of nitrogens with zero attached hydrogens (tertiary/aromatic N) is 12. The molecule has 0 aliphatic carbocycles. The highest BCUT2D eigenvalue weighted by Gasteiger charge is 2.43. The molecule has 0 spiro atoms. The van der Waals surface area contributed by atoms with Crippen molar-refractivity contribution in [3.05, 3.63) is 160 Å². The summed E-state index contributed by atoms with van der Waals surface area (Å²) in [4.78, 5) is 68.6. The largest absolute Gasteiger partial charge is 0.484 e. The third-order valence-corrected chi connectivity index (χ3v) is 22.4. The highest BCUT2D eigenvalue weighted by atomic mass is 32.2. The van der Waals surface area contributed by atoms with Crippen LogP contribution < -0.4 is 28.4 Å². The normalized spacial score (nSPS) is 19.0. The number of aliphatic hydroxyl groups is 2. The number of aliphatic hydroxyl groups excluding tert-OH is 2. The second kappa shape index (κ2) is 26.8. The van der Waals surface area contributed by atoms with Crippen LogP contribution in [0.15, 0.2) is 158 Å². The monoisotopic (exact) mass is 1340 g/mol. The Morgan fingerprint density at radius 2 is 0.723 bits per heavy atom. The first kappa shape index (κ1) is 63.7. The molecule has 15 heterocycles. The SMILES string of the molecule is O=C(Cc1ccccn1)N1CC2=C(C1)CN(S(=O)(=O)c1cnc3c(c1)OCCO3)C2.O=C([C@@H](CO)c1ccccn1)N1CC2=C(C1)CN(S(=O)(=O)c1cnc3c(c1)OCCO3)C2.O=C([C@H](CO)c1ccccn1)N1CC2=C(C1)CN(S(=O)(=O)c1cnc3c(c1)OCCO3)C2. The second-order valence-electron chi connectivity index (χ2n) is 23.1. The topological polar surface area (TPSA) is 346 Å². The average Bonchev–Trinajstić information content (AvgIpc) is 1.59. The fourth-order valence-corrected chi connectivity index (χ4v) is 16.4. The predicted molar refractivity (Wildman–Crippen MR) is 329 cm³/mol. The number of amides is 3. The molecule has 9 aliphatic heterocycles. The number of carbonyl (C=O) groups is 3. The zero-order valence-corrected chi connectivity index (χ0v) is 53.0. The Labute approximate surface area is 540 Å². The number of fused-ring (bicyclic) bond motifs is 3. The van der Waals surface area contributed by atoms with Crippen LogP contribution >= 0.6 is 0 Å². The molecule has 6 aromatic heterocycles. The van der Waals surface area contributed by atoms with Crippen LogP contribution in [-0.4, -0.2) is 242 Å². The average molecular weight is 1350 g/mol. The molecule has 3 amide bonds. The molecule has 0 radical (unpaired) electrons. The molecule has 32 heteroatoms. The van der Waals surface area contributed by atoms with Crippen LogP contribution in [0.4, 0.5) is 0 Å². The molecule has 2 N–H and O–H groups in total. The molecule has 0 saturated carbocycles. The summed E-state index contributed by atoms with van der Waals surface area (Å²) in [6, 6.07) is 20.3. The van der Waals surface area contributed by atoms with Crippen LogP contribution in [0, 0.1) is 0 Å². The van der Waals surface area contributed by atoms with E-state index in [1.54, 1.807) is 69.7 Å². The standard InChI is InChI=1S/2C21H22N4O6S.C20H20N4O5S/c2*26-13-17(18-3-1-2-4-22-18)21(27)24-9-14-11-25(12-15(14)10-24)32(28,29)16-7-19-20(23-8-16)31-6-5-30-19;25-19(7-16-3-1-2-4-21-16)23-10-14-12-24(13-15(14)11-23)30(26,27)17-8-18-20(22-9-17)29-6-5-28-18/h2*1-4,7-8,17,26H,5-6,9-13H2;1-4,8-9H,5-7,10-13H2/t2*17-;/m10./s1. The zero-order valence-electron chi connectivity index (χ0n) is 50.5. The lowest BCUT2D eigenvalue weighted by atomic mass is 10.0. The van der Waals surface area contributed by atoms with Gasteiger partial charge in [-0.2, -0.15) is 12.9 Å². The van der Waals surface area contributed by atoms with Gasteiger partial charge in [0.15, 0.2) is 17.2 Å². The maximum Gasteiger partial charge on any atom is 0.257 e. The highest BCUT2D eigenvalue weighted by molar-refractivity contribution is 7.89. The first-order chi connectivity index (χ1) is 45.4. The van der Waals surface area contributed by atoms with Crippen molar-refractivity contribution in [3.8, 4) is 34.9 Å². The minimum absolute atomic E-state index is 0.00598. The summed E-state index contributed by atoms with van der Waals surface area (Å²) in [5, 5.41) is 19.5. The summed E-state index contributed by atoms with van der Waals surface area (Å²) >= 11 is 0. The van der Waals surface area contributed by atoms with Crippen molar-refractivity contribution >= 4 is 47.8 Å². The van der Waals surface area contributed by atoms with E-state index in [9.17, 15) is 49.9 Å². The van der Waals surface area contributed by atoms with Crippen LogP contribution in [0.25, 0.3) is 0 Å². The summed E-state index contributed by atoms with van der Waals surface area (Å²) in [5.41, 5.74) is 7.36. The van der Waals surface area contributed by atoms with Gasteiger partial charge in [0.25, 0.3) is 17.6 Å². The molecule has 6 aromatic rings. The Kier molecular flexibility index (Phi) is 18.1. The molecule has 94 heavy (non-hydrogen) atoms. The van der Waals surface area contributed by atoms with Crippen LogP contribution in [0.3, 0.4) is 0 Å². The number of carbonyl (C=O) groups excluding carboxylic acids is 3. The van der Waals surface area contributed by atoms with Crippen LogP contribution in [0.1, 0.15) is 28.9 Å². The number of hydrogen-bond donors (Lipinski definition) is 2. The van der Waals surface area contributed by atoms with Crippen LogP contribution in [0.2, 0.25) is 0 Å². The molecule has 9 aliphatic rings. The minimum Gasteiger partial charge on any atom is -0.484 e. The molecule has 492 valence electrons. The summed E-state index contributed by atoms with van der Waals surface area (Å²) in [5.74, 6) is -0.0462. The molecule has 15 rings (SSSR count). The molecular weight excluding hydrogens is 1280 g/mol. The highest BCUT2D eigenvalue weighted by Crippen LogP contribution is 2.39. The lowest BCUT2D eigenvalue weighted by Gasteiger charge is -2.25. The zero-order chi connectivity index (χ0) is 65.3. The van der Waals surface area contributed by atoms with Crippen molar-refractivity contribution < 1.29 is 78.3 Å². The van der Waals surface area contributed by atoms with E-state index in [-0.39, 0.29) is 103 Å². The summed E-state index contributed by atoms with van der Waals surface area (Å²) < 4.78 is 115. The lowest BCUT2D eigenvalue weighted by molar-refractivity contribution is -0.133. The van der Waals surface area contributed by atoms with E-state index >= 15 is 0 Å². The van der Waals surface area contributed by atoms with Crippen molar-refractivity contribution in [1.82, 2.24) is 57.5 Å². The fraction of sp³-hybridized carbons (Fsp3) is 0.371. The summed E-state index contributed by atoms with van der Waals surface area (Å²) in [6.45, 7) is 5.16. The number of rotatable bonds is 14. The first-order valence-electron chi connectivity index (χ1n) is 30.1. The van der Waals surface area contributed by atoms with Gasteiger partial charge in [0.1, 0.15) is 66.2 Å². The van der Waals surface area contributed by atoms with E-state index in [0.717, 1.165) is 39.1 Å². The Bertz CT molecular complexity index is 4140. The van der Waals surface area contributed by atoms with E-state index in [2.05, 4.69) is 29.9 Å². The van der Waals surface area contributed by atoms with E-state index in [1.165, 1.54) is 49.7 Å². The van der Waals surface area contributed by atoms with Crippen molar-refractivity contribution in [3.63, 3.8) is 0 Å². The van der Waals surface area contributed by atoms with E-state index < -0.39 is 41.9 Å². The second-order valence-corrected chi connectivity index (χ2v) is 28.9.